The lowest BCUT2D eigenvalue weighted by molar-refractivity contribution is -0.114. The highest BCUT2D eigenvalue weighted by molar-refractivity contribution is 6.01. The van der Waals surface area contributed by atoms with Crippen molar-refractivity contribution in [3.05, 3.63) is 48.3 Å². The van der Waals surface area contributed by atoms with Crippen LogP contribution < -0.4 is 14.4 Å². The Morgan fingerprint density at radius 3 is 2.91 bits per heavy atom. The molecule has 23 heavy (non-hydrogen) atoms. The average Bonchev–Trinajstić information content (AvgIpc) is 2.91. The summed E-state index contributed by atoms with van der Waals surface area (Å²) in [7, 11) is 1.84. The Morgan fingerprint density at radius 1 is 1.43 bits per heavy atom. The van der Waals surface area contributed by atoms with E-state index in [-0.39, 0.29) is 5.91 Å². The van der Waals surface area contributed by atoms with Gasteiger partial charge >= 0.3 is 0 Å². The first-order valence-corrected chi connectivity index (χ1v) is 7.42. The maximum absolute atomic E-state index is 12.3. The summed E-state index contributed by atoms with van der Waals surface area (Å²) in [4.78, 5) is 14.0. The van der Waals surface area contributed by atoms with Gasteiger partial charge in [-0.3, -0.25) is 9.48 Å². The van der Waals surface area contributed by atoms with Gasteiger partial charge in [-0.1, -0.05) is 18.7 Å². The second-order valence-corrected chi connectivity index (χ2v) is 5.31. The summed E-state index contributed by atoms with van der Waals surface area (Å²) in [6.07, 6.45) is 2.99. The van der Waals surface area contributed by atoms with Crippen molar-refractivity contribution in [1.29, 1.82) is 0 Å². The number of carbonyl (C=O) groups is 1. The van der Waals surface area contributed by atoms with Crippen LogP contribution >= 0.6 is 0 Å². The second kappa shape index (κ2) is 6.16. The Labute approximate surface area is 134 Å². The molecule has 6 nitrogen and oxygen atoms in total. The molecule has 6 heteroatoms. The molecule has 0 bridgehead atoms. The summed E-state index contributed by atoms with van der Waals surface area (Å²) < 4.78 is 13.1. The van der Waals surface area contributed by atoms with Crippen molar-refractivity contribution in [3.63, 3.8) is 0 Å². The molecular formula is C17H19N3O3. The molecule has 120 valence electrons. The molecule has 3 rings (SSSR count). The van der Waals surface area contributed by atoms with Crippen LogP contribution in [-0.4, -0.2) is 28.9 Å². The van der Waals surface area contributed by atoms with Gasteiger partial charge in [-0.05, 0) is 19.1 Å². The van der Waals surface area contributed by atoms with Crippen LogP contribution in [0, 0.1) is 6.92 Å². The van der Waals surface area contributed by atoms with Crippen LogP contribution in [0.2, 0.25) is 0 Å². The van der Waals surface area contributed by atoms with Gasteiger partial charge in [0.15, 0.2) is 11.5 Å². The predicted octanol–water partition coefficient (Wildman–Crippen LogP) is 2.22. The van der Waals surface area contributed by atoms with Crippen LogP contribution in [0.15, 0.2) is 37.1 Å². The van der Waals surface area contributed by atoms with E-state index in [4.69, 9.17) is 9.47 Å². The van der Waals surface area contributed by atoms with E-state index in [1.807, 2.05) is 32.2 Å². The first kappa shape index (κ1) is 15.1. The molecule has 0 saturated heterocycles. The molecule has 0 radical (unpaired) electrons. The third kappa shape index (κ3) is 2.79. The number of para-hydroxylation sites is 1. The molecule has 0 N–H and O–H groups in total. The molecule has 2 aromatic rings. The van der Waals surface area contributed by atoms with Crippen molar-refractivity contribution in [2.24, 2.45) is 7.05 Å². The maximum Gasteiger partial charge on any atom is 0.250 e. The summed E-state index contributed by atoms with van der Waals surface area (Å²) in [5.74, 6) is 1.22. The number of aryl methyl sites for hydroxylation is 1. The van der Waals surface area contributed by atoms with Gasteiger partial charge in [0.2, 0.25) is 0 Å². The van der Waals surface area contributed by atoms with Gasteiger partial charge in [0.25, 0.3) is 5.91 Å². The fraction of sp³-hybridized carbons (Fsp3) is 0.294. The van der Waals surface area contributed by atoms with Gasteiger partial charge < -0.3 is 14.4 Å². The van der Waals surface area contributed by atoms with E-state index >= 15 is 0 Å². The lowest BCUT2D eigenvalue weighted by Crippen LogP contribution is -2.29. The number of rotatable bonds is 4. The van der Waals surface area contributed by atoms with Gasteiger partial charge in [-0.2, -0.15) is 5.10 Å². The minimum absolute atomic E-state index is 0.185. The maximum atomic E-state index is 12.3. The highest BCUT2D eigenvalue weighted by Crippen LogP contribution is 2.35. The van der Waals surface area contributed by atoms with Crippen molar-refractivity contribution < 1.29 is 14.3 Å². The third-order valence-corrected chi connectivity index (χ3v) is 3.92. The number of aromatic nitrogens is 2. The molecule has 0 saturated carbocycles. The van der Waals surface area contributed by atoms with Crippen molar-refractivity contribution >= 4 is 11.6 Å². The molecule has 0 spiro atoms. The summed E-state index contributed by atoms with van der Waals surface area (Å²) in [5, 5.41) is 4.22. The van der Waals surface area contributed by atoms with Gasteiger partial charge in [0.05, 0.1) is 24.1 Å². The second-order valence-electron chi connectivity index (χ2n) is 5.31. The zero-order valence-corrected chi connectivity index (χ0v) is 13.3. The lowest BCUT2D eigenvalue weighted by Gasteiger charge is -2.25. The number of hydrogen-bond donors (Lipinski definition) is 0. The Morgan fingerprint density at radius 2 is 2.22 bits per heavy atom. The van der Waals surface area contributed by atoms with Crippen LogP contribution in [0.25, 0.3) is 0 Å². The fourth-order valence-corrected chi connectivity index (χ4v) is 2.57. The first-order valence-electron chi connectivity index (χ1n) is 7.42. The van der Waals surface area contributed by atoms with E-state index in [1.165, 1.54) is 6.08 Å². The van der Waals surface area contributed by atoms with Crippen LogP contribution in [-0.2, 0) is 18.4 Å². The number of amides is 1. The number of benzene rings is 1. The van der Waals surface area contributed by atoms with Gasteiger partial charge in [-0.25, -0.2) is 0 Å². The van der Waals surface area contributed by atoms with E-state index in [9.17, 15) is 4.79 Å². The summed E-state index contributed by atoms with van der Waals surface area (Å²) in [5.41, 5.74) is 2.55. The first-order chi connectivity index (χ1) is 11.1. The number of fused-ring (bicyclic) bond motifs is 1. The molecule has 1 aromatic heterocycles. The van der Waals surface area contributed by atoms with Crippen molar-refractivity contribution in [2.75, 3.05) is 18.1 Å². The molecule has 0 aliphatic carbocycles. The van der Waals surface area contributed by atoms with E-state index in [0.29, 0.717) is 31.3 Å². The Hall–Kier alpha value is -2.76. The Bertz CT molecular complexity index is 752. The van der Waals surface area contributed by atoms with Crippen molar-refractivity contribution in [1.82, 2.24) is 9.78 Å². The predicted molar refractivity (Wildman–Crippen MR) is 86.8 cm³/mol. The topological polar surface area (TPSA) is 56.6 Å². The molecule has 0 fully saturated rings. The molecular weight excluding hydrogens is 294 g/mol. The van der Waals surface area contributed by atoms with Crippen LogP contribution in [0.3, 0.4) is 0 Å². The lowest BCUT2D eigenvalue weighted by atomic mass is 10.1. The van der Waals surface area contributed by atoms with E-state index in [2.05, 4.69) is 11.7 Å². The number of nitrogens with zero attached hydrogens (tertiary/aromatic N) is 3. The van der Waals surface area contributed by atoms with E-state index < -0.39 is 0 Å². The average molecular weight is 313 g/mol. The molecule has 1 aliphatic rings. The minimum atomic E-state index is -0.185. The Balaban J connectivity index is 1.98. The number of ether oxygens (including phenoxy) is 2. The zero-order chi connectivity index (χ0) is 16.4. The standard InChI is InChI=1S/C17H19N3O3/c1-4-16(21)20(14-10-18-19(3)12(14)2)11-13-6-5-7-15-17(13)23-9-8-22-15/h4-7,10H,1,8-9,11H2,2-3H3. The Kier molecular flexibility index (Phi) is 4.06. The third-order valence-electron chi connectivity index (χ3n) is 3.92. The molecule has 0 unspecified atom stereocenters. The highest BCUT2D eigenvalue weighted by Gasteiger charge is 2.22. The van der Waals surface area contributed by atoms with Crippen LogP contribution in [0.4, 0.5) is 5.69 Å². The van der Waals surface area contributed by atoms with Gasteiger partial charge in [0.1, 0.15) is 13.2 Å². The molecule has 1 aliphatic heterocycles. The van der Waals surface area contributed by atoms with Crippen molar-refractivity contribution in [3.8, 4) is 11.5 Å². The largest absolute Gasteiger partial charge is 0.486 e. The SMILES string of the molecule is C=CC(=O)N(Cc1cccc2c1OCCO2)c1cnn(C)c1C. The quantitative estimate of drug-likeness (QED) is 0.812. The summed E-state index contributed by atoms with van der Waals surface area (Å²) >= 11 is 0. The molecule has 0 atom stereocenters. The highest BCUT2D eigenvalue weighted by atomic mass is 16.6. The smallest absolute Gasteiger partial charge is 0.250 e. The molecule has 1 amide bonds. The van der Waals surface area contributed by atoms with E-state index in [0.717, 1.165) is 16.9 Å². The van der Waals surface area contributed by atoms with Crippen molar-refractivity contribution in [2.45, 2.75) is 13.5 Å². The monoisotopic (exact) mass is 313 g/mol. The number of hydrogen-bond acceptors (Lipinski definition) is 4. The summed E-state index contributed by atoms with van der Waals surface area (Å²) in [6.45, 7) is 6.93. The fourth-order valence-electron chi connectivity index (χ4n) is 2.57. The van der Waals surface area contributed by atoms with Crippen LogP contribution in [0.5, 0.6) is 11.5 Å². The van der Waals surface area contributed by atoms with Gasteiger partial charge in [-0.15, -0.1) is 0 Å². The number of anilines is 1. The zero-order valence-electron chi connectivity index (χ0n) is 13.3. The van der Waals surface area contributed by atoms with E-state index in [1.54, 1.807) is 15.8 Å². The molecule has 2 heterocycles. The normalized spacial score (nSPS) is 12.8. The van der Waals surface area contributed by atoms with Gasteiger partial charge in [0, 0.05) is 12.6 Å². The minimum Gasteiger partial charge on any atom is -0.486 e. The molecule has 1 aromatic carbocycles. The van der Waals surface area contributed by atoms with Crippen LogP contribution in [0.1, 0.15) is 11.3 Å². The summed E-state index contributed by atoms with van der Waals surface area (Å²) in [6, 6.07) is 5.70. The number of carbonyl (C=O) groups excluding carboxylic acids is 1.